The Morgan fingerprint density at radius 2 is 1.61 bits per heavy atom. The zero-order chi connectivity index (χ0) is 26.9. The summed E-state index contributed by atoms with van der Waals surface area (Å²) in [4.78, 5) is 28.5. The quantitative estimate of drug-likeness (QED) is 0.391. The molecule has 0 radical (unpaired) electrons. The second-order valence-corrected chi connectivity index (χ2v) is 9.13. The molecule has 9 nitrogen and oxygen atoms in total. The van der Waals surface area contributed by atoms with E-state index in [1.807, 2.05) is 36.4 Å². The minimum absolute atomic E-state index is 0.155. The van der Waals surface area contributed by atoms with Crippen LogP contribution in [0.4, 0.5) is 0 Å². The molecule has 9 heteroatoms. The lowest BCUT2D eigenvalue weighted by molar-refractivity contribution is 0.0939. The monoisotopic (exact) mass is 521 g/mol. The maximum absolute atomic E-state index is 13.2. The molecule has 0 atom stereocenters. The van der Waals surface area contributed by atoms with Crippen LogP contribution in [-0.2, 0) is 13.2 Å². The standard InChI is InChI=1S/C29H35N3O6/c1-35-23-9-6-21(7-10-23)20-38-28-19-32(18-22-8-11-24(36-2)16-27(22)37-3)25(17-26(28)33)29(34)30-12-15-31-13-4-5-14-31/h6-11,16-17,19H,4-5,12-15,18,20H2,1-3H3,(H,30,34). The highest BCUT2D eigenvalue weighted by Gasteiger charge is 2.18. The summed E-state index contributed by atoms with van der Waals surface area (Å²) in [5.74, 6) is 1.86. The molecule has 1 aliphatic heterocycles. The second-order valence-electron chi connectivity index (χ2n) is 9.13. The smallest absolute Gasteiger partial charge is 0.268 e. The number of aromatic nitrogens is 1. The lowest BCUT2D eigenvalue weighted by Crippen LogP contribution is -2.35. The number of methoxy groups -OCH3 is 3. The molecule has 0 unspecified atom stereocenters. The Morgan fingerprint density at radius 3 is 2.29 bits per heavy atom. The van der Waals surface area contributed by atoms with Gasteiger partial charge in [0.15, 0.2) is 5.75 Å². The van der Waals surface area contributed by atoms with Crippen LogP contribution in [0.3, 0.4) is 0 Å². The maximum atomic E-state index is 13.2. The lowest BCUT2D eigenvalue weighted by atomic mass is 10.1. The number of amides is 1. The number of ether oxygens (including phenoxy) is 4. The molecule has 0 saturated carbocycles. The van der Waals surface area contributed by atoms with Gasteiger partial charge >= 0.3 is 0 Å². The molecule has 2 aromatic carbocycles. The first-order valence-corrected chi connectivity index (χ1v) is 12.7. The number of hydrogen-bond acceptors (Lipinski definition) is 7. The van der Waals surface area contributed by atoms with Crippen molar-refractivity contribution < 1.29 is 23.7 Å². The summed E-state index contributed by atoms with van der Waals surface area (Å²) >= 11 is 0. The van der Waals surface area contributed by atoms with Gasteiger partial charge in [-0.15, -0.1) is 0 Å². The van der Waals surface area contributed by atoms with E-state index in [2.05, 4.69) is 10.2 Å². The average molecular weight is 522 g/mol. The Labute approximate surface area is 222 Å². The number of carbonyl (C=O) groups is 1. The minimum atomic E-state index is -0.360. The number of carbonyl (C=O) groups excluding carboxylic acids is 1. The zero-order valence-electron chi connectivity index (χ0n) is 22.2. The summed E-state index contributed by atoms with van der Waals surface area (Å²) in [5.41, 5.74) is 1.61. The van der Waals surface area contributed by atoms with Gasteiger partial charge in [0.1, 0.15) is 29.5 Å². The average Bonchev–Trinajstić information content (AvgIpc) is 3.47. The normalized spacial score (nSPS) is 13.2. The van der Waals surface area contributed by atoms with Crippen LogP contribution in [-0.4, -0.2) is 62.9 Å². The highest BCUT2D eigenvalue weighted by Crippen LogP contribution is 2.26. The van der Waals surface area contributed by atoms with Crippen LogP contribution in [0.5, 0.6) is 23.0 Å². The SMILES string of the molecule is COc1ccc(COc2cn(Cc3ccc(OC)cc3OC)c(C(=O)NCCN3CCCC3)cc2=O)cc1. The largest absolute Gasteiger partial charge is 0.497 e. The van der Waals surface area contributed by atoms with Crippen LogP contribution in [0.15, 0.2) is 59.5 Å². The topological polar surface area (TPSA) is 91.3 Å². The molecular weight excluding hydrogens is 486 g/mol. The fourth-order valence-corrected chi connectivity index (χ4v) is 4.46. The van der Waals surface area contributed by atoms with Crippen molar-refractivity contribution >= 4 is 5.91 Å². The Kier molecular flexibility index (Phi) is 9.26. The predicted octanol–water partition coefficient (Wildman–Crippen LogP) is 3.33. The van der Waals surface area contributed by atoms with Crippen LogP contribution in [0.1, 0.15) is 34.5 Å². The van der Waals surface area contributed by atoms with Gasteiger partial charge in [-0.25, -0.2) is 0 Å². The van der Waals surface area contributed by atoms with Gasteiger partial charge in [-0.1, -0.05) is 12.1 Å². The third-order valence-electron chi connectivity index (χ3n) is 6.63. The number of hydrogen-bond donors (Lipinski definition) is 1. The number of nitrogens with one attached hydrogen (secondary N) is 1. The van der Waals surface area contributed by atoms with Crippen molar-refractivity contribution in [1.29, 1.82) is 0 Å². The van der Waals surface area contributed by atoms with Crippen molar-refractivity contribution in [3.8, 4) is 23.0 Å². The minimum Gasteiger partial charge on any atom is -0.497 e. The molecule has 0 aliphatic carbocycles. The van der Waals surface area contributed by atoms with E-state index in [0.29, 0.717) is 24.6 Å². The van der Waals surface area contributed by atoms with Gasteiger partial charge in [-0.05, 0) is 55.8 Å². The van der Waals surface area contributed by atoms with Crippen molar-refractivity contribution in [3.05, 3.63) is 81.8 Å². The van der Waals surface area contributed by atoms with Crippen LogP contribution < -0.4 is 29.7 Å². The van der Waals surface area contributed by atoms with Crippen molar-refractivity contribution in [2.24, 2.45) is 0 Å². The molecule has 202 valence electrons. The summed E-state index contributed by atoms with van der Waals surface area (Å²) in [6.45, 7) is 3.89. The van der Waals surface area contributed by atoms with Gasteiger partial charge in [-0.3, -0.25) is 9.59 Å². The molecule has 1 amide bonds. The first-order valence-electron chi connectivity index (χ1n) is 12.7. The summed E-state index contributed by atoms with van der Waals surface area (Å²) in [6.07, 6.45) is 3.97. The Balaban J connectivity index is 1.58. The van der Waals surface area contributed by atoms with E-state index in [1.54, 1.807) is 38.2 Å². The Bertz CT molecular complexity index is 1280. The number of nitrogens with zero attached hydrogens (tertiary/aromatic N) is 2. The van der Waals surface area contributed by atoms with Crippen LogP contribution in [0, 0.1) is 0 Å². The van der Waals surface area contributed by atoms with E-state index < -0.39 is 0 Å². The van der Waals surface area contributed by atoms with Gasteiger partial charge in [0.2, 0.25) is 5.43 Å². The van der Waals surface area contributed by atoms with E-state index in [0.717, 1.165) is 36.5 Å². The van der Waals surface area contributed by atoms with E-state index in [1.165, 1.54) is 18.9 Å². The van der Waals surface area contributed by atoms with Crippen molar-refractivity contribution in [1.82, 2.24) is 14.8 Å². The van der Waals surface area contributed by atoms with Gasteiger partial charge in [0, 0.05) is 30.8 Å². The van der Waals surface area contributed by atoms with Crippen LogP contribution in [0.2, 0.25) is 0 Å². The van der Waals surface area contributed by atoms with Crippen molar-refractivity contribution in [3.63, 3.8) is 0 Å². The molecule has 1 aliphatic rings. The molecule has 0 spiro atoms. The predicted molar refractivity (Wildman–Crippen MR) is 145 cm³/mol. The highest BCUT2D eigenvalue weighted by molar-refractivity contribution is 5.92. The fraction of sp³-hybridized carbons (Fsp3) is 0.379. The van der Waals surface area contributed by atoms with Gasteiger partial charge in [0.25, 0.3) is 5.91 Å². The zero-order valence-corrected chi connectivity index (χ0v) is 22.2. The molecule has 1 aromatic heterocycles. The van der Waals surface area contributed by atoms with Crippen molar-refractivity contribution in [2.75, 3.05) is 47.5 Å². The van der Waals surface area contributed by atoms with E-state index in [4.69, 9.17) is 18.9 Å². The third kappa shape index (κ3) is 6.86. The molecule has 1 N–H and O–H groups in total. The highest BCUT2D eigenvalue weighted by atomic mass is 16.5. The lowest BCUT2D eigenvalue weighted by Gasteiger charge is -2.18. The molecule has 3 aromatic rings. The number of rotatable bonds is 12. The molecule has 38 heavy (non-hydrogen) atoms. The molecule has 4 rings (SSSR count). The maximum Gasteiger partial charge on any atom is 0.268 e. The Hall–Kier alpha value is -3.98. The molecule has 0 bridgehead atoms. The fourth-order valence-electron chi connectivity index (χ4n) is 4.46. The molecule has 2 heterocycles. The number of pyridine rings is 1. The number of benzene rings is 2. The van der Waals surface area contributed by atoms with Gasteiger partial charge in [-0.2, -0.15) is 0 Å². The first-order chi connectivity index (χ1) is 18.5. The first kappa shape index (κ1) is 27.1. The molecule has 1 saturated heterocycles. The Morgan fingerprint density at radius 1 is 0.895 bits per heavy atom. The molecule has 1 fully saturated rings. The summed E-state index contributed by atoms with van der Waals surface area (Å²) in [7, 11) is 4.78. The van der Waals surface area contributed by atoms with Crippen LogP contribution >= 0.6 is 0 Å². The van der Waals surface area contributed by atoms with Crippen molar-refractivity contribution in [2.45, 2.75) is 26.0 Å². The summed E-state index contributed by atoms with van der Waals surface area (Å²) in [6, 6.07) is 14.3. The van der Waals surface area contributed by atoms with Gasteiger partial charge < -0.3 is 33.7 Å². The van der Waals surface area contributed by atoms with Crippen LogP contribution in [0.25, 0.3) is 0 Å². The number of likely N-dealkylation sites (tertiary alicyclic amines) is 1. The summed E-state index contributed by atoms with van der Waals surface area (Å²) < 4.78 is 23.7. The van der Waals surface area contributed by atoms with E-state index in [-0.39, 0.29) is 29.4 Å². The van der Waals surface area contributed by atoms with E-state index in [9.17, 15) is 9.59 Å². The summed E-state index contributed by atoms with van der Waals surface area (Å²) in [5, 5.41) is 2.97. The molecular formula is C29H35N3O6. The van der Waals surface area contributed by atoms with E-state index >= 15 is 0 Å². The third-order valence-corrected chi connectivity index (χ3v) is 6.63. The second kappa shape index (κ2) is 13.0. The van der Waals surface area contributed by atoms with Gasteiger partial charge in [0.05, 0.1) is 34.1 Å².